The third-order valence-corrected chi connectivity index (χ3v) is 6.08. The van der Waals surface area contributed by atoms with E-state index in [2.05, 4.69) is 29.2 Å². The molecular weight excluding hydrogens is 339 g/mol. The van der Waals surface area contributed by atoms with E-state index in [-0.39, 0.29) is 17.3 Å². The normalized spacial score (nSPS) is 25.0. The number of nitrogens with zero attached hydrogens (tertiary/aromatic N) is 2. The summed E-state index contributed by atoms with van der Waals surface area (Å²) >= 11 is 0. The molecule has 138 valence electrons. The van der Waals surface area contributed by atoms with E-state index in [4.69, 9.17) is 5.26 Å². The van der Waals surface area contributed by atoms with Crippen LogP contribution >= 0.6 is 0 Å². The minimum Gasteiger partial charge on any atom is -0.294 e. The van der Waals surface area contributed by atoms with Crippen molar-refractivity contribution in [2.24, 2.45) is 5.92 Å². The molecule has 27 heavy (non-hydrogen) atoms. The van der Waals surface area contributed by atoms with Gasteiger partial charge in [0.05, 0.1) is 5.56 Å². The predicted octanol–water partition coefficient (Wildman–Crippen LogP) is 4.71. The van der Waals surface area contributed by atoms with E-state index < -0.39 is 5.82 Å². The number of halogens is 1. The predicted molar refractivity (Wildman–Crippen MR) is 102 cm³/mol. The van der Waals surface area contributed by atoms with E-state index in [1.165, 1.54) is 24.1 Å². The Morgan fingerprint density at radius 1 is 1.11 bits per heavy atom. The number of rotatable bonds is 4. The van der Waals surface area contributed by atoms with Crippen molar-refractivity contribution >= 4 is 5.78 Å². The highest BCUT2D eigenvalue weighted by Gasteiger charge is 2.40. The zero-order chi connectivity index (χ0) is 18.8. The molecule has 3 nitrogen and oxygen atoms in total. The standard InChI is InChI=1S/C23H23FN2O/c24-22-13-17(9-10-18(22)14-25)23(27)19-11-20-7-4-8-21(12-19)26(20)15-16-5-2-1-3-6-16/h1-3,5-6,9-10,13,19-21H,4,7-8,11-12,15H2. The number of hydrogen-bond donors (Lipinski definition) is 0. The highest BCUT2D eigenvalue weighted by atomic mass is 19.1. The number of piperidine rings is 2. The fourth-order valence-corrected chi connectivity index (χ4v) is 4.74. The van der Waals surface area contributed by atoms with Crippen LogP contribution in [0.3, 0.4) is 0 Å². The Balaban J connectivity index is 1.50. The summed E-state index contributed by atoms with van der Waals surface area (Å²) in [6.45, 7) is 0.933. The Morgan fingerprint density at radius 3 is 2.44 bits per heavy atom. The van der Waals surface area contributed by atoms with Crippen molar-refractivity contribution in [2.45, 2.75) is 50.7 Å². The Bertz CT molecular complexity index is 860. The smallest absolute Gasteiger partial charge is 0.166 e. The van der Waals surface area contributed by atoms with Crippen molar-refractivity contribution in [1.82, 2.24) is 4.90 Å². The number of Topliss-reactive ketones (excluding diaryl/α,β-unsaturated/α-hetero) is 1. The highest BCUT2D eigenvalue weighted by Crippen LogP contribution is 2.39. The lowest BCUT2D eigenvalue weighted by molar-refractivity contribution is 0.00905. The average Bonchev–Trinajstić information content (AvgIpc) is 2.68. The van der Waals surface area contributed by atoms with Gasteiger partial charge in [0.15, 0.2) is 5.78 Å². The van der Waals surface area contributed by atoms with Gasteiger partial charge in [-0.05, 0) is 49.4 Å². The molecule has 2 aliphatic rings. The van der Waals surface area contributed by atoms with Gasteiger partial charge in [-0.25, -0.2) is 4.39 Å². The first-order valence-corrected chi connectivity index (χ1v) is 9.69. The molecule has 2 aliphatic heterocycles. The molecule has 2 fully saturated rings. The van der Waals surface area contributed by atoms with Crippen LogP contribution < -0.4 is 0 Å². The Kier molecular flexibility index (Phi) is 5.05. The van der Waals surface area contributed by atoms with Crippen LogP contribution in [0.4, 0.5) is 4.39 Å². The molecule has 0 saturated carbocycles. The first-order chi connectivity index (χ1) is 13.2. The highest BCUT2D eigenvalue weighted by molar-refractivity contribution is 5.98. The summed E-state index contributed by atoms with van der Waals surface area (Å²) in [5, 5.41) is 8.88. The molecule has 0 spiro atoms. The fraction of sp³-hybridized carbons (Fsp3) is 0.391. The van der Waals surface area contributed by atoms with E-state index in [0.717, 1.165) is 32.2 Å². The van der Waals surface area contributed by atoms with E-state index in [9.17, 15) is 9.18 Å². The second kappa shape index (κ2) is 7.62. The summed E-state index contributed by atoms with van der Waals surface area (Å²) in [6.07, 6.45) is 5.13. The number of carbonyl (C=O) groups is 1. The van der Waals surface area contributed by atoms with Crippen LogP contribution in [0.15, 0.2) is 48.5 Å². The molecule has 0 amide bonds. The molecule has 4 heteroatoms. The maximum atomic E-state index is 13.9. The Morgan fingerprint density at radius 2 is 1.81 bits per heavy atom. The molecular formula is C23H23FN2O. The van der Waals surface area contributed by atoms with Crippen molar-refractivity contribution < 1.29 is 9.18 Å². The van der Waals surface area contributed by atoms with Gasteiger partial charge in [0, 0.05) is 30.1 Å². The summed E-state index contributed by atoms with van der Waals surface area (Å²) in [7, 11) is 0. The van der Waals surface area contributed by atoms with E-state index >= 15 is 0 Å². The molecule has 2 aromatic rings. The molecule has 0 aromatic heterocycles. The van der Waals surface area contributed by atoms with Gasteiger partial charge in [-0.2, -0.15) is 5.26 Å². The number of ketones is 1. The lowest BCUT2D eigenvalue weighted by Crippen LogP contribution is -2.52. The third-order valence-electron chi connectivity index (χ3n) is 6.08. The van der Waals surface area contributed by atoms with Crippen molar-refractivity contribution in [1.29, 1.82) is 5.26 Å². The second-order valence-corrected chi connectivity index (χ2v) is 7.74. The summed E-state index contributed by atoms with van der Waals surface area (Å²) in [5.74, 6) is -0.639. The SMILES string of the molecule is N#Cc1ccc(C(=O)C2CC3CCCC(C2)N3Cc2ccccc2)cc1F. The molecule has 2 bridgehead atoms. The first kappa shape index (κ1) is 17.9. The molecule has 4 rings (SSSR count). The molecule has 2 saturated heterocycles. The quantitative estimate of drug-likeness (QED) is 0.740. The second-order valence-electron chi connectivity index (χ2n) is 7.74. The van der Waals surface area contributed by atoms with Crippen LogP contribution in [0.2, 0.25) is 0 Å². The molecule has 2 heterocycles. The van der Waals surface area contributed by atoms with Gasteiger partial charge in [0.2, 0.25) is 0 Å². The van der Waals surface area contributed by atoms with Crippen molar-refractivity contribution in [3.05, 3.63) is 71.0 Å². The van der Waals surface area contributed by atoms with Gasteiger partial charge in [-0.15, -0.1) is 0 Å². The molecule has 2 aromatic carbocycles. The van der Waals surface area contributed by atoms with Crippen LogP contribution in [0, 0.1) is 23.1 Å². The van der Waals surface area contributed by atoms with Crippen LogP contribution in [-0.2, 0) is 6.54 Å². The zero-order valence-corrected chi connectivity index (χ0v) is 15.3. The summed E-state index contributed by atoms with van der Waals surface area (Å²) in [6, 6.07) is 17.4. The largest absolute Gasteiger partial charge is 0.294 e. The van der Waals surface area contributed by atoms with Gasteiger partial charge in [-0.3, -0.25) is 9.69 Å². The molecule has 0 radical (unpaired) electrons. The number of nitriles is 1. The number of fused-ring (bicyclic) bond motifs is 2. The number of benzene rings is 2. The van der Waals surface area contributed by atoms with E-state index in [0.29, 0.717) is 17.6 Å². The van der Waals surface area contributed by atoms with Gasteiger partial charge in [0.25, 0.3) is 0 Å². The van der Waals surface area contributed by atoms with E-state index in [1.54, 1.807) is 6.07 Å². The molecule has 2 unspecified atom stereocenters. The Labute approximate surface area is 159 Å². The maximum absolute atomic E-state index is 13.9. The minimum absolute atomic E-state index is 0.0129. The van der Waals surface area contributed by atoms with Crippen LogP contribution in [0.1, 0.15) is 53.6 Å². The summed E-state index contributed by atoms with van der Waals surface area (Å²) < 4.78 is 13.9. The summed E-state index contributed by atoms with van der Waals surface area (Å²) in [4.78, 5) is 15.6. The lowest BCUT2D eigenvalue weighted by Gasteiger charge is -2.48. The number of carbonyl (C=O) groups excluding carboxylic acids is 1. The van der Waals surface area contributed by atoms with Crippen LogP contribution in [-0.4, -0.2) is 22.8 Å². The maximum Gasteiger partial charge on any atom is 0.166 e. The topological polar surface area (TPSA) is 44.1 Å². The molecule has 0 aliphatic carbocycles. The van der Waals surface area contributed by atoms with Crippen molar-refractivity contribution in [2.75, 3.05) is 0 Å². The monoisotopic (exact) mass is 362 g/mol. The minimum atomic E-state index is -0.606. The van der Waals surface area contributed by atoms with Crippen molar-refractivity contribution in [3.8, 4) is 6.07 Å². The third kappa shape index (κ3) is 3.65. The van der Waals surface area contributed by atoms with E-state index in [1.807, 2.05) is 12.1 Å². The van der Waals surface area contributed by atoms with Crippen LogP contribution in [0.5, 0.6) is 0 Å². The van der Waals surface area contributed by atoms with Crippen LogP contribution in [0.25, 0.3) is 0 Å². The first-order valence-electron chi connectivity index (χ1n) is 9.69. The van der Waals surface area contributed by atoms with Crippen molar-refractivity contribution in [3.63, 3.8) is 0 Å². The lowest BCUT2D eigenvalue weighted by atomic mass is 9.75. The summed E-state index contributed by atoms with van der Waals surface area (Å²) in [5.41, 5.74) is 1.69. The van der Waals surface area contributed by atoms with Gasteiger partial charge < -0.3 is 0 Å². The zero-order valence-electron chi connectivity index (χ0n) is 15.3. The molecule has 2 atom stereocenters. The fourth-order valence-electron chi connectivity index (χ4n) is 4.74. The Hall–Kier alpha value is -2.51. The average molecular weight is 362 g/mol. The molecule has 0 N–H and O–H groups in total. The van der Waals surface area contributed by atoms with Gasteiger partial charge in [-0.1, -0.05) is 36.8 Å². The van der Waals surface area contributed by atoms with Gasteiger partial charge in [0.1, 0.15) is 11.9 Å². The van der Waals surface area contributed by atoms with Gasteiger partial charge >= 0.3 is 0 Å². The number of hydrogen-bond acceptors (Lipinski definition) is 3.